The van der Waals surface area contributed by atoms with E-state index in [4.69, 9.17) is 5.11 Å². The van der Waals surface area contributed by atoms with Gasteiger partial charge in [-0.1, -0.05) is 0 Å². The van der Waals surface area contributed by atoms with Gasteiger partial charge in [0, 0.05) is 7.05 Å². The Morgan fingerprint density at radius 2 is 2.17 bits per heavy atom. The van der Waals surface area contributed by atoms with Gasteiger partial charge in [-0.2, -0.15) is 0 Å². The van der Waals surface area contributed by atoms with Gasteiger partial charge in [0.25, 0.3) is 5.91 Å². The highest BCUT2D eigenvalue weighted by Gasteiger charge is 2.34. The molecule has 1 fully saturated rings. The Kier molecular flexibility index (Phi) is 1.99. The molecule has 0 saturated carbocycles. The summed E-state index contributed by atoms with van der Waals surface area (Å²) in [7, 11) is 1.45. The summed E-state index contributed by atoms with van der Waals surface area (Å²) in [4.78, 5) is 34.0. The number of carbonyl (C=O) groups excluding carboxylic acids is 2. The lowest BCUT2D eigenvalue weighted by Gasteiger charge is -2.10. The lowest BCUT2D eigenvalue weighted by molar-refractivity contribution is -0.141. The van der Waals surface area contributed by atoms with Gasteiger partial charge in [0.05, 0.1) is 0 Å². The third kappa shape index (κ3) is 1.36. The van der Waals surface area contributed by atoms with Crippen LogP contribution in [-0.4, -0.2) is 53.0 Å². The van der Waals surface area contributed by atoms with Crippen LogP contribution in [-0.2, 0) is 9.59 Å². The van der Waals surface area contributed by atoms with E-state index in [1.54, 1.807) is 0 Å². The van der Waals surface area contributed by atoms with Gasteiger partial charge >= 0.3 is 12.0 Å². The second-order valence-electron chi connectivity index (χ2n) is 2.51. The number of nitrogens with zero attached hydrogens (tertiary/aromatic N) is 2. The quantitative estimate of drug-likeness (QED) is 0.540. The third-order valence-electron chi connectivity index (χ3n) is 1.52. The van der Waals surface area contributed by atoms with Gasteiger partial charge in [0.15, 0.2) is 0 Å². The molecule has 3 amide bonds. The van der Waals surface area contributed by atoms with Crippen molar-refractivity contribution in [1.82, 2.24) is 9.80 Å². The minimum Gasteiger partial charge on any atom is -0.480 e. The first-order valence-electron chi connectivity index (χ1n) is 3.29. The monoisotopic (exact) mass is 172 g/mol. The van der Waals surface area contributed by atoms with E-state index in [1.165, 1.54) is 11.9 Å². The van der Waals surface area contributed by atoms with Crippen molar-refractivity contribution >= 4 is 17.9 Å². The summed E-state index contributed by atoms with van der Waals surface area (Å²) < 4.78 is 0. The lowest BCUT2D eigenvalue weighted by atomic mass is 10.5. The molecule has 12 heavy (non-hydrogen) atoms. The van der Waals surface area contributed by atoms with E-state index in [2.05, 4.69) is 0 Å². The molecule has 0 aromatic carbocycles. The highest BCUT2D eigenvalue weighted by molar-refractivity contribution is 6.03. The molecule has 0 radical (unpaired) electrons. The van der Waals surface area contributed by atoms with Crippen LogP contribution < -0.4 is 0 Å². The molecular weight excluding hydrogens is 164 g/mol. The molecule has 6 nitrogen and oxygen atoms in total. The van der Waals surface area contributed by atoms with E-state index in [9.17, 15) is 14.4 Å². The third-order valence-corrected chi connectivity index (χ3v) is 1.52. The fourth-order valence-electron chi connectivity index (χ4n) is 0.960. The Balaban J connectivity index is 2.70. The number of likely N-dealkylation sites (N-methyl/N-ethyl adjacent to an activating group) is 1. The molecule has 0 spiro atoms. The van der Waals surface area contributed by atoms with Gasteiger partial charge < -0.3 is 10.0 Å². The molecular formula is C6H8N2O4. The lowest BCUT2D eigenvalue weighted by Crippen LogP contribution is -2.35. The van der Waals surface area contributed by atoms with Crippen LogP contribution in [0.4, 0.5) is 4.79 Å². The summed E-state index contributed by atoms with van der Waals surface area (Å²) >= 11 is 0. The van der Waals surface area contributed by atoms with E-state index < -0.39 is 24.5 Å². The van der Waals surface area contributed by atoms with Gasteiger partial charge in [-0.3, -0.25) is 14.5 Å². The van der Waals surface area contributed by atoms with E-state index in [0.29, 0.717) is 4.90 Å². The molecule has 0 atom stereocenters. The number of urea groups is 1. The highest BCUT2D eigenvalue weighted by Crippen LogP contribution is 2.06. The van der Waals surface area contributed by atoms with Crippen molar-refractivity contribution < 1.29 is 19.5 Å². The molecule has 0 aromatic rings. The van der Waals surface area contributed by atoms with Crippen LogP contribution in [0.25, 0.3) is 0 Å². The number of rotatable bonds is 2. The number of hydrogen-bond acceptors (Lipinski definition) is 3. The topological polar surface area (TPSA) is 77.9 Å². The van der Waals surface area contributed by atoms with Gasteiger partial charge in [-0.25, -0.2) is 4.79 Å². The Bertz CT molecular complexity index is 250. The first kappa shape index (κ1) is 8.51. The number of imide groups is 1. The summed E-state index contributed by atoms with van der Waals surface area (Å²) in [5.74, 6) is -1.66. The first-order chi connectivity index (χ1) is 5.52. The van der Waals surface area contributed by atoms with Crippen molar-refractivity contribution in [3.63, 3.8) is 0 Å². The SMILES string of the molecule is CN1CC(=O)N(CC(=O)O)C1=O. The zero-order valence-electron chi connectivity index (χ0n) is 6.48. The number of hydrogen-bond donors (Lipinski definition) is 1. The number of carbonyl (C=O) groups is 3. The highest BCUT2D eigenvalue weighted by atomic mass is 16.4. The molecule has 0 unspecified atom stereocenters. The maximum atomic E-state index is 11.0. The Morgan fingerprint density at radius 1 is 1.58 bits per heavy atom. The fraction of sp³-hybridized carbons (Fsp3) is 0.500. The minimum absolute atomic E-state index is 0.0356. The van der Waals surface area contributed by atoms with Gasteiger partial charge in [-0.05, 0) is 0 Å². The molecule has 1 heterocycles. The maximum absolute atomic E-state index is 11.0. The summed E-state index contributed by atoms with van der Waals surface area (Å²) in [6.07, 6.45) is 0. The second kappa shape index (κ2) is 2.80. The summed E-state index contributed by atoms with van der Waals surface area (Å²) in [5.41, 5.74) is 0. The van der Waals surface area contributed by atoms with E-state index in [1.807, 2.05) is 0 Å². The Morgan fingerprint density at radius 3 is 2.50 bits per heavy atom. The van der Waals surface area contributed by atoms with Crippen LogP contribution in [0.15, 0.2) is 0 Å². The average Bonchev–Trinajstić information content (AvgIpc) is 2.16. The number of carboxylic acid groups (broad SMARTS) is 1. The van der Waals surface area contributed by atoms with Crippen molar-refractivity contribution in [2.24, 2.45) is 0 Å². The van der Waals surface area contributed by atoms with Crippen LogP contribution in [0, 0.1) is 0 Å². The van der Waals surface area contributed by atoms with E-state index in [0.717, 1.165) is 0 Å². The van der Waals surface area contributed by atoms with Crippen LogP contribution in [0.2, 0.25) is 0 Å². The van der Waals surface area contributed by atoms with Gasteiger partial charge in [0.1, 0.15) is 13.1 Å². The summed E-state index contributed by atoms with van der Waals surface area (Å²) in [5, 5.41) is 8.33. The molecule has 6 heteroatoms. The standard InChI is InChI=1S/C6H8N2O4/c1-7-2-4(9)8(6(7)12)3-5(10)11/h2-3H2,1H3,(H,10,11). The zero-order valence-corrected chi connectivity index (χ0v) is 6.48. The molecule has 0 bridgehead atoms. The molecule has 1 saturated heterocycles. The summed E-state index contributed by atoms with van der Waals surface area (Å²) in [6.45, 7) is -0.589. The van der Waals surface area contributed by atoms with Crippen LogP contribution >= 0.6 is 0 Å². The largest absolute Gasteiger partial charge is 0.480 e. The smallest absolute Gasteiger partial charge is 0.327 e. The molecule has 1 rings (SSSR count). The first-order valence-corrected chi connectivity index (χ1v) is 3.29. The number of amides is 3. The van der Waals surface area contributed by atoms with Crippen molar-refractivity contribution in [3.8, 4) is 0 Å². The molecule has 0 aromatic heterocycles. The van der Waals surface area contributed by atoms with Crippen molar-refractivity contribution in [1.29, 1.82) is 0 Å². The average molecular weight is 172 g/mol. The number of carboxylic acids is 1. The zero-order chi connectivity index (χ0) is 9.30. The predicted octanol–water partition coefficient (Wildman–Crippen LogP) is -1.03. The molecule has 1 N–H and O–H groups in total. The minimum atomic E-state index is -1.19. The van der Waals surface area contributed by atoms with Crippen molar-refractivity contribution in [2.45, 2.75) is 0 Å². The maximum Gasteiger partial charge on any atom is 0.327 e. The normalized spacial score (nSPS) is 17.4. The van der Waals surface area contributed by atoms with Crippen LogP contribution in [0.1, 0.15) is 0 Å². The van der Waals surface area contributed by atoms with Crippen molar-refractivity contribution in [2.75, 3.05) is 20.1 Å². The fourth-order valence-corrected chi connectivity index (χ4v) is 0.960. The van der Waals surface area contributed by atoms with E-state index in [-0.39, 0.29) is 6.54 Å². The molecule has 66 valence electrons. The van der Waals surface area contributed by atoms with Gasteiger partial charge in [-0.15, -0.1) is 0 Å². The molecule has 1 aliphatic heterocycles. The predicted molar refractivity (Wildman–Crippen MR) is 37.4 cm³/mol. The summed E-state index contributed by atoms with van der Waals surface area (Å²) in [6, 6.07) is -0.553. The number of aliphatic carboxylic acids is 1. The molecule has 1 aliphatic rings. The van der Waals surface area contributed by atoms with Crippen molar-refractivity contribution in [3.05, 3.63) is 0 Å². The van der Waals surface area contributed by atoms with Crippen LogP contribution in [0.5, 0.6) is 0 Å². The Labute approximate surface area is 68.4 Å². The molecule has 0 aliphatic carbocycles. The van der Waals surface area contributed by atoms with Crippen LogP contribution in [0.3, 0.4) is 0 Å². The Hall–Kier alpha value is -1.59. The second-order valence-corrected chi connectivity index (χ2v) is 2.51. The van der Waals surface area contributed by atoms with Gasteiger partial charge in [0.2, 0.25) is 0 Å². The van der Waals surface area contributed by atoms with E-state index >= 15 is 0 Å².